The number of sulfonamides is 1. The lowest BCUT2D eigenvalue weighted by Crippen LogP contribution is -2.26. The molecule has 1 rings (SSSR count). The number of alkyl halides is 1. The first-order valence-corrected chi connectivity index (χ1v) is 7.11. The molecule has 90 valence electrons. The van der Waals surface area contributed by atoms with E-state index in [1.807, 2.05) is 0 Å². The number of nitrogens with one attached hydrogen (secondary N) is 1. The molecule has 0 fully saturated rings. The van der Waals surface area contributed by atoms with Crippen LogP contribution in [0.2, 0.25) is 5.28 Å². The summed E-state index contributed by atoms with van der Waals surface area (Å²) >= 11 is 11.0. The lowest BCUT2D eigenvalue weighted by molar-refractivity contribution is 0.579. The van der Waals surface area contributed by atoms with Crippen LogP contribution in [0.3, 0.4) is 0 Å². The molecule has 8 heteroatoms. The molecule has 0 saturated carbocycles. The Kier molecular flexibility index (Phi) is 5.40. The summed E-state index contributed by atoms with van der Waals surface area (Å²) in [5.74, 6) is 0.329. The van der Waals surface area contributed by atoms with Gasteiger partial charge in [-0.05, 0) is 24.1 Å². The van der Waals surface area contributed by atoms with Crippen molar-refractivity contribution in [1.29, 1.82) is 0 Å². The van der Waals surface area contributed by atoms with Gasteiger partial charge >= 0.3 is 0 Å². The van der Waals surface area contributed by atoms with Gasteiger partial charge in [0.25, 0.3) is 0 Å². The van der Waals surface area contributed by atoms with Gasteiger partial charge in [0.1, 0.15) is 0 Å². The van der Waals surface area contributed by atoms with Crippen LogP contribution < -0.4 is 4.72 Å². The molecule has 0 amide bonds. The third kappa shape index (κ3) is 5.07. The molecule has 0 aliphatic heterocycles. The molecule has 1 aromatic heterocycles. The van der Waals surface area contributed by atoms with Crippen molar-refractivity contribution in [2.24, 2.45) is 0 Å². The van der Waals surface area contributed by atoms with Gasteiger partial charge in [0.05, 0.1) is 18.0 Å². The minimum absolute atomic E-state index is 0.00924. The van der Waals surface area contributed by atoms with Crippen molar-refractivity contribution in [3.05, 3.63) is 23.2 Å². The largest absolute Gasteiger partial charge is 0.227 e. The van der Waals surface area contributed by atoms with Crippen molar-refractivity contribution >= 4 is 33.2 Å². The first-order chi connectivity index (χ1) is 7.53. The average molecular weight is 284 g/mol. The Morgan fingerprint density at radius 2 is 2.19 bits per heavy atom. The fraction of sp³-hybridized carbons (Fsp3) is 0.500. The van der Waals surface area contributed by atoms with Gasteiger partial charge < -0.3 is 0 Å². The number of nitrogens with zero attached hydrogens (tertiary/aromatic N) is 2. The van der Waals surface area contributed by atoms with Gasteiger partial charge in [0.15, 0.2) is 0 Å². The van der Waals surface area contributed by atoms with E-state index in [0.717, 1.165) is 0 Å². The first kappa shape index (κ1) is 13.6. The maximum Gasteiger partial charge on any atom is 0.222 e. The second kappa shape index (κ2) is 6.34. The van der Waals surface area contributed by atoms with Crippen LogP contribution in [-0.4, -0.2) is 30.0 Å². The van der Waals surface area contributed by atoms with Crippen LogP contribution in [0.25, 0.3) is 0 Å². The Balaban J connectivity index is 2.51. The Bertz CT molecular complexity index is 439. The third-order valence-corrected chi connectivity index (χ3v) is 3.56. The number of rotatable bonds is 6. The van der Waals surface area contributed by atoms with Gasteiger partial charge in [-0.2, -0.15) is 0 Å². The lowest BCUT2D eigenvalue weighted by atomic mass is 10.4. The van der Waals surface area contributed by atoms with Crippen LogP contribution in [0.4, 0.5) is 0 Å². The highest BCUT2D eigenvalue weighted by molar-refractivity contribution is 7.89. The van der Waals surface area contributed by atoms with Gasteiger partial charge in [-0.1, -0.05) is 0 Å². The highest BCUT2D eigenvalue weighted by atomic mass is 35.5. The quantitative estimate of drug-likeness (QED) is 0.629. The molecule has 0 atom stereocenters. The Labute approximate surface area is 104 Å². The molecule has 0 saturated heterocycles. The fourth-order valence-electron chi connectivity index (χ4n) is 0.969. The first-order valence-electron chi connectivity index (χ1n) is 4.54. The van der Waals surface area contributed by atoms with E-state index in [9.17, 15) is 8.42 Å². The highest BCUT2D eigenvalue weighted by Gasteiger charge is 2.09. The summed E-state index contributed by atoms with van der Waals surface area (Å²) in [5.41, 5.74) is 0.523. The van der Waals surface area contributed by atoms with E-state index in [4.69, 9.17) is 23.2 Å². The predicted octanol–water partition coefficient (Wildman–Crippen LogP) is 1.18. The van der Waals surface area contributed by atoms with Crippen molar-refractivity contribution in [2.45, 2.75) is 13.0 Å². The number of halogens is 2. The van der Waals surface area contributed by atoms with E-state index in [-0.39, 0.29) is 17.6 Å². The molecule has 1 aromatic rings. The third-order valence-electron chi connectivity index (χ3n) is 1.70. The van der Waals surface area contributed by atoms with Crippen LogP contribution >= 0.6 is 23.2 Å². The molecule has 1 N–H and O–H groups in total. The summed E-state index contributed by atoms with van der Waals surface area (Å²) in [4.78, 5) is 7.55. The Morgan fingerprint density at radius 1 is 1.44 bits per heavy atom. The summed E-state index contributed by atoms with van der Waals surface area (Å²) in [6, 6.07) is 1.59. The van der Waals surface area contributed by atoms with Crippen molar-refractivity contribution in [3.8, 4) is 0 Å². The molecule has 0 radical (unpaired) electrons. The fourth-order valence-corrected chi connectivity index (χ4v) is 2.46. The van der Waals surface area contributed by atoms with E-state index < -0.39 is 10.0 Å². The summed E-state index contributed by atoms with van der Waals surface area (Å²) in [6.45, 7) is 0.104. The zero-order valence-electron chi connectivity index (χ0n) is 8.36. The topological polar surface area (TPSA) is 72.0 Å². The summed E-state index contributed by atoms with van der Waals surface area (Å²) in [6.07, 6.45) is 1.89. The van der Waals surface area contributed by atoms with Crippen molar-refractivity contribution in [3.63, 3.8) is 0 Å². The molecule has 0 aliphatic rings. The van der Waals surface area contributed by atoms with Gasteiger partial charge in [0, 0.05) is 12.1 Å². The minimum Gasteiger partial charge on any atom is -0.227 e. The van der Waals surface area contributed by atoms with E-state index in [2.05, 4.69) is 14.7 Å². The summed E-state index contributed by atoms with van der Waals surface area (Å²) in [7, 11) is -3.29. The van der Waals surface area contributed by atoms with Crippen molar-refractivity contribution in [1.82, 2.24) is 14.7 Å². The number of aromatic nitrogens is 2. The van der Waals surface area contributed by atoms with E-state index in [0.29, 0.717) is 18.0 Å². The van der Waals surface area contributed by atoms with Gasteiger partial charge in [0.2, 0.25) is 15.3 Å². The van der Waals surface area contributed by atoms with Crippen LogP contribution in [0.5, 0.6) is 0 Å². The molecule has 0 bridgehead atoms. The van der Waals surface area contributed by atoms with Gasteiger partial charge in [-0.25, -0.2) is 23.1 Å². The molecule has 0 aliphatic carbocycles. The SMILES string of the molecule is O=S(=O)(CCCCl)NCc1ccnc(Cl)n1. The molecule has 0 spiro atoms. The molecule has 5 nitrogen and oxygen atoms in total. The lowest BCUT2D eigenvalue weighted by Gasteiger charge is -2.05. The normalized spacial score (nSPS) is 11.6. The highest BCUT2D eigenvalue weighted by Crippen LogP contribution is 2.01. The molecule has 0 aromatic carbocycles. The monoisotopic (exact) mass is 283 g/mol. The van der Waals surface area contributed by atoms with E-state index >= 15 is 0 Å². The van der Waals surface area contributed by atoms with Crippen LogP contribution in [0.1, 0.15) is 12.1 Å². The van der Waals surface area contributed by atoms with E-state index in [1.165, 1.54) is 6.20 Å². The van der Waals surface area contributed by atoms with Gasteiger partial charge in [-0.15, -0.1) is 11.6 Å². The number of hydrogen-bond donors (Lipinski definition) is 1. The van der Waals surface area contributed by atoms with Crippen LogP contribution in [0, 0.1) is 0 Å². The zero-order valence-corrected chi connectivity index (χ0v) is 10.7. The standard InChI is InChI=1S/C8H11Cl2N3O2S/c9-3-1-5-16(14,15)12-6-7-2-4-11-8(10)13-7/h2,4,12H,1,3,5-6H2. The minimum atomic E-state index is -3.29. The second-order valence-electron chi connectivity index (χ2n) is 3.00. The van der Waals surface area contributed by atoms with Crippen molar-refractivity contribution in [2.75, 3.05) is 11.6 Å². The predicted molar refractivity (Wildman–Crippen MR) is 63.0 cm³/mol. The van der Waals surface area contributed by atoms with Crippen LogP contribution in [0.15, 0.2) is 12.3 Å². The Hall–Kier alpha value is -0.430. The Morgan fingerprint density at radius 3 is 2.81 bits per heavy atom. The maximum atomic E-state index is 11.4. The molecule has 1 heterocycles. The average Bonchev–Trinajstić information content (AvgIpc) is 2.24. The molecular weight excluding hydrogens is 273 g/mol. The zero-order chi connectivity index (χ0) is 12.0. The van der Waals surface area contributed by atoms with Crippen LogP contribution in [-0.2, 0) is 16.6 Å². The molecular formula is C8H11Cl2N3O2S. The summed E-state index contributed by atoms with van der Waals surface area (Å²) < 4.78 is 25.2. The number of hydrogen-bond acceptors (Lipinski definition) is 4. The maximum absolute atomic E-state index is 11.4. The van der Waals surface area contributed by atoms with Crippen molar-refractivity contribution < 1.29 is 8.42 Å². The summed E-state index contributed by atoms with van der Waals surface area (Å²) in [5, 5.41) is 0.0949. The molecule has 0 unspecified atom stereocenters. The van der Waals surface area contributed by atoms with Gasteiger partial charge in [-0.3, -0.25) is 0 Å². The smallest absolute Gasteiger partial charge is 0.222 e. The molecule has 16 heavy (non-hydrogen) atoms. The second-order valence-corrected chi connectivity index (χ2v) is 5.64. The van der Waals surface area contributed by atoms with E-state index in [1.54, 1.807) is 6.07 Å².